The molecule has 1 aromatic carbocycles. The van der Waals surface area contributed by atoms with Gasteiger partial charge in [-0.3, -0.25) is 4.79 Å². The molecule has 1 aromatic rings. The number of hydrogen-bond donors (Lipinski definition) is 0. The van der Waals surface area contributed by atoms with E-state index in [4.69, 9.17) is 4.74 Å². The summed E-state index contributed by atoms with van der Waals surface area (Å²) in [5.74, 6) is 0.869. The van der Waals surface area contributed by atoms with Crippen molar-refractivity contribution in [3.63, 3.8) is 0 Å². The van der Waals surface area contributed by atoms with Gasteiger partial charge in [-0.05, 0) is 37.8 Å². The van der Waals surface area contributed by atoms with E-state index in [1.165, 1.54) is 0 Å². The van der Waals surface area contributed by atoms with Gasteiger partial charge in [0, 0.05) is 13.1 Å². The van der Waals surface area contributed by atoms with E-state index >= 15 is 0 Å². The molecule has 102 valence electrons. The molecule has 19 heavy (non-hydrogen) atoms. The van der Waals surface area contributed by atoms with E-state index in [1.54, 1.807) is 0 Å². The first-order valence-corrected chi connectivity index (χ1v) is 6.86. The maximum atomic E-state index is 12.2. The van der Waals surface area contributed by atoms with Gasteiger partial charge in [0.1, 0.15) is 5.75 Å². The number of para-hydroxylation sites is 1. The number of rotatable bonds is 5. The number of carbonyl (C=O) groups excluding carboxylic acids is 1. The highest BCUT2D eigenvalue weighted by Crippen LogP contribution is 2.21. The van der Waals surface area contributed by atoms with Gasteiger partial charge >= 0.3 is 0 Å². The minimum atomic E-state index is -0.427. The molecule has 3 nitrogen and oxygen atoms in total. The lowest BCUT2D eigenvalue weighted by Gasteiger charge is -2.22. The van der Waals surface area contributed by atoms with Crippen LogP contribution in [0, 0.1) is 0 Å². The highest BCUT2D eigenvalue weighted by atomic mass is 16.5. The molecule has 1 amide bonds. The molecule has 1 aliphatic rings. The van der Waals surface area contributed by atoms with E-state index in [-0.39, 0.29) is 5.91 Å². The van der Waals surface area contributed by atoms with Crippen LogP contribution in [0.25, 0.3) is 0 Å². The van der Waals surface area contributed by atoms with Crippen molar-refractivity contribution >= 4 is 5.91 Å². The van der Waals surface area contributed by atoms with Crippen molar-refractivity contribution in [2.45, 2.75) is 32.3 Å². The van der Waals surface area contributed by atoms with Crippen LogP contribution < -0.4 is 4.74 Å². The zero-order chi connectivity index (χ0) is 13.7. The van der Waals surface area contributed by atoms with Gasteiger partial charge in [0.25, 0.3) is 5.91 Å². The van der Waals surface area contributed by atoms with Crippen LogP contribution in [0.4, 0.5) is 0 Å². The number of ether oxygens (including phenoxy) is 1. The van der Waals surface area contributed by atoms with Crippen molar-refractivity contribution in [2.75, 3.05) is 13.1 Å². The summed E-state index contributed by atoms with van der Waals surface area (Å²) in [7, 11) is 0. The fraction of sp³-hybridized carbons (Fsp3) is 0.438. The summed E-state index contributed by atoms with van der Waals surface area (Å²) >= 11 is 0. The molecule has 0 N–H and O–H groups in total. The van der Waals surface area contributed by atoms with E-state index in [0.717, 1.165) is 43.7 Å². The van der Waals surface area contributed by atoms with E-state index in [2.05, 4.69) is 6.58 Å². The molecule has 1 fully saturated rings. The molecule has 0 bridgehead atoms. The molecule has 1 heterocycles. The second-order valence-corrected chi connectivity index (χ2v) is 4.89. The van der Waals surface area contributed by atoms with Gasteiger partial charge in [0.05, 0.1) is 0 Å². The SMILES string of the molecule is C=CCc1ccccc1OC(C)C(=O)N1CCCC1. The second kappa shape index (κ2) is 6.41. The number of likely N-dealkylation sites (tertiary alicyclic amines) is 1. The Balaban J connectivity index is 2.03. The lowest BCUT2D eigenvalue weighted by molar-refractivity contribution is -0.136. The Labute approximate surface area is 114 Å². The third-order valence-electron chi connectivity index (χ3n) is 3.41. The summed E-state index contributed by atoms with van der Waals surface area (Å²) in [5, 5.41) is 0. The fourth-order valence-corrected chi connectivity index (χ4v) is 2.38. The molecule has 1 unspecified atom stereocenters. The van der Waals surface area contributed by atoms with E-state index in [9.17, 15) is 4.79 Å². The number of benzene rings is 1. The monoisotopic (exact) mass is 259 g/mol. The van der Waals surface area contributed by atoms with Crippen LogP contribution in [-0.4, -0.2) is 30.0 Å². The lowest BCUT2D eigenvalue weighted by atomic mass is 10.1. The molecule has 0 saturated carbocycles. The highest BCUT2D eigenvalue weighted by molar-refractivity contribution is 5.81. The van der Waals surface area contributed by atoms with E-state index in [1.807, 2.05) is 42.2 Å². The van der Waals surface area contributed by atoms with Crippen molar-refractivity contribution in [3.05, 3.63) is 42.5 Å². The first kappa shape index (κ1) is 13.7. The first-order chi connectivity index (χ1) is 9.22. The largest absolute Gasteiger partial charge is 0.481 e. The first-order valence-electron chi connectivity index (χ1n) is 6.86. The molecular weight excluding hydrogens is 238 g/mol. The highest BCUT2D eigenvalue weighted by Gasteiger charge is 2.24. The van der Waals surface area contributed by atoms with Gasteiger partial charge in [-0.25, -0.2) is 0 Å². The molecule has 3 heteroatoms. The molecule has 1 saturated heterocycles. The Kier molecular flexibility index (Phi) is 4.61. The molecule has 0 aromatic heterocycles. The van der Waals surface area contributed by atoms with Gasteiger partial charge in [-0.2, -0.15) is 0 Å². The van der Waals surface area contributed by atoms with Crippen LogP contribution in [0.1, 0.15) is 25.3 Å². The molecule has 0 radical (unpaired) electrons. The number of carbonyl (C=O) groups is 1. The molecule has 1 atom stereocenters. The average molecular weight is 259 g/mol. The zero-order valence-electron chi connectivity index (χ0n) is 11.5. The van der Waals surface area contributed by atoms with Gasteiger partial charge in [0.15, 0.2) is 6.10 Å². The van der Waals surface area contributed by atoms with Crippen LogP contribution in [0.3, 0.4) is 0 Å². The Morgan fingerprint density at radius 1 is 1.42 bits per heavy atom. The van der Waals surface area contributed by atoms with Crippen LogP contribution in [0.15, 0.2) is 36.9 Å². The maximum Gasteiger partial charge on any atom is 0.263 e. The van der Waals surface area contributed by atoms with Crippen molar-refractivity contribution in [1.82, 2.24) is 4.90 Å². The van der Waals surface area contributed by atoms with Crippen LogP contribution in [0.5, 0.6) is 5.75 Å². The Morgan fingerprint density at radius 3 is 2.79 bits per heavy atom. The summed E-state index contributed by atoms with van der Waals surface area (Å²) < 4.78 is 5.83. The molecule has 1 aliphatic heterocycles. The second-order valence-electron chi connectivity index (χ2n) is 4.89. The lowest BCUT2D eigenvalue weighted by Crippen LogP contribution is -2.38. The summed E-state index contributed by atoms with van der Waals surface area (Å²) in [5.41, 5.74) is 1.07. The third kappa shape index (κ3) is 3.37. The molecular formula is C16H21NO2. The van der Waals surface area contributed by atoms with Crippen molar-refractivity contribution < 1.29 is 9.53 Å². The zero-order valence-corrected chi connectivity index (χ0v) is 11.5. The standard InChI is InChI=1S/C16H21NO2/c1-3-8-14-9-4-5-10-15(14)19-13(2)16(18)17-11-6-7-12-17/h3-5,9-10,13H,1,6-8,11-12H2,2H3. The van der Waals surface area contributed by atoms with Crippen LogP contribution >= 0.6 is 0 Å². The molecule has 0 spiro atoms. The third-order valence-corrected chi connectivity index (χ3v) is 3.41. The molecule has 0 aliphatic carbocycles. The average Bonchev–Trinajstić information content (AvgIpc) is 2.94. The normalized spacial score (nSPS) is 16.2. The van der Waals surface area contributed by atoms with E-state index < -0.39 is 6.10 Å². The Hall–Kier alpha value is -1.77. The van der Waals surface area contributed by atoms with Crippen LogP contribution in [-0.2, 0) is 11.2 Å². The van der Waals surface area contributed by atoms with Gasteiger partial charge in [-0.15, -0.1) is 6.58 Å². The number of amides is 1. The Morgan fingerprint density at radius 2 is 2.11 bits per heavy atom. The smallest absolute Gasteiger partial charge is 0.263 e. The summed E-state index contributed by atoms with van der Waals surface area (Å²) in [4.78, 5) is 14.1. The number of hydrogen-bond acceptors (Lipinski definition) is 2. The predicted octanol–water partition coefficient (Wildman–Crippen LogP) is 2.80. The summed E-state index contributed by atoms with van der Waals surface area (Å²) in [6.45, 7) is 7.29. The minimum Gasteiger partial charge on any atom is -0.481 e. The molecule has 2 rings (SSSR count). The Bertz CT molecular complexity index is 450. The van der Waals surface area contributed by atoms with Gasteiger partial charge in [0.2, 0.25) is 0 Å². The van der Waals surface area contributed by atoms with Crippen molar-refractivity contribution in [1.29, 1.82) is 0 Å². The summed E-state index contributed by atoms with van der Waals surface area (Å²) in [6, 6.07) is 7.81. The number of nitrogens with zero attached hydrogens (tertiary/aromatic N) is 1. The maximum absolute atomic E-state index is 12.2. The van der Waals surface area contributed by atoms with Crippen LogP contribution in [0.2, 0.25) is 0 Å². The quantitative estimate of drug-likeness (QED) is 0.761. The number of allylic oxidation sites excluding steroid dienone is 1. The van der Waals surface area contributed by atoms with Gasteiger partial charge < -0.3 is 9.64 Å². The van der Waals surface area contributed by atoms with E-state index in [0.29, 0.717) is 0 Å². The van der Waals surface area contributed by atoms with Crippen molar-refractivity contribution in [3.8, 4) is 5.75 Å². The topological polar surface area (TPSA) is 29.5 Å². The van der Waals surface area contributed by atoms with Crippen molar-refractivity contribution in [2.24, 2.45) is 0 Å². The summed E-state index contributed by atoms with van der Waals surface area (Å²) in [6.07, 6.45) is 4.37. The minimum absolute atomic E-state index is 0.0888. The van der Waals surface area contributed by atoms with Gasteiger partial charge in [-0.1, -0.05) is 24.3 Å². The fourth-order valence-electron chi connectivity index (χ4n) is 2.38. The predicted molar refractivity (Wildman–Crippen MR) is 76.2 cm³/mol.